The molecule has 0 fully saturated rings. The molecule has 0 aliphatic carbocycles. The highest BCUT2D eigenvalue weighted by molar-refractivity contribution is 5.87. The molecular weight excluding hydrogens is 443 g/mol. The van der Waals surface area contributed by atoms with E-state index in [4.69, 9.17) is 9.84 Å². The molecule has 0 atom stereocenters. The third-order valence-electron chi connectivity index (χ3n) is 4.41. The Bertz CT molecular complexity index is 1180. The van der Waals surface area contributed by atoms with Crippen molar-refractivity contribution in [3.8, 4) is 5.75 Å². The van der Waals surface area contributed by atoms with E-state index in [9.17, 15) is 28.1 Å². The van der Waals surface area contributed by atoms with Crippen molar-refractivity contribution in [2.45, 2.75) is 12.8 Å². The van der Waals surface area contributed by atoms with E-state index in [2.05, 4.69) is 10.5 Å². The van der Waals surface area contributed by atoms with E-state index in [1.807, 2.05) is 0 Å². The van der Waals surface area contributed by atoms with Gasteiger partial charge in [-0.05, 0) is 59.7 Å². The molecule has 170 valence electrons. The second-order valence-corrected chi connectivity index (χ2v) is 6.72. The molecule has 8 nitrogen and oxygen atoms in total. The minimum atomic E-state index is -4.70. The van der Waals surface area contributed by atoms with Crippen LogP contribution >= 0.6 is 0 Å². The first-order valence-corrected chi connectivity index (χ1v) is 9.33. The number of carbonyl (C=O) groups is 1. The first-order chi connectivity index (χ1) is 15.6. The van der Waals surface area contributed by atoms with Gasteiger partial charge in [0.25, 0.3) is 5.69 Å². The van der Waals surface area contributed by atoms with E-state index in [0.29, 0.717) is 17.4 Å². The Labute approximate surface area is 185 Å². The van der Waals surface area contributed by atoms with Crippen molar-refractivity contribution < 1.29 is 32.7 Å². The van der Waals surface area contributed by atoms with Crippen LogP contribution in [-0.4, -0.2) is 22.2 Å². The Morgan fingerprint density at radius 1 is 1.09 bits per heavy atom. The normalized spacial score (nSPS) is 11.4. The SMILES string of the molecule is O=C(O)c1ccc(COc2ccc(/C=N\Nc3ccc(C(F)(F)F)cc3[N+](=O)[O-])cc2)cc1. The van der Waals surface area contributed by atoms with Crippen molar-refractivity contribution in [2.24, 2.45) is 5.10 Å². The van der Waals surface area contributed by atoms with E-state index >= 15 is 0 Å². The highest BCUT2D eigenvalue weighted by Gasteiger charge is 2.33. The number of nitro benzene ring substituents is 1. The van der Waals surface area contributed by atoms with Crippen LogP contribution in [0.15, 0.2) is 71.8 Å². The van der Waals surface area contributed by atoms with E-state index in [-0.39, 0.29) is 17.9 Å². The first kappa shape index (κ1) is 23.3. The number of nitrogens with zero attached hydrogens (tertiary/aromatic N) is 2. The number of hydrazone groups is 1. The molecule has 0 aromatic heterocycles. The molecule has 0 bridgehead atoms. The largest absolute Gasteiger partial charge is 0.489 e. The van der Waals surface area contributed by atoms with Gasteiger partial charge in [-0.15, -0.1) is 0 Å². The van der Waals surface area contributed by atoms with Crippen LogP contribution < -0.4 is 10.2 Å². The summed E-state index contributed by atoms with van der Waals surface area (Å²) < 4.78 is 43.9. The lowest BCUT2D eigenvalue weighted by atomic mass is 10.1. The fourth-order valence-corrected chi connectivity index (χ4v) is 2.69. The van der Waals surface area contributed by atoms with Gasteiger partial charge in [0, 0.05) is 6.07 Å². The van der Waals surface area contributed by atoms with Gasteiger partial charge in [-0.1, -0.05) is 12.1 Å². The number of anilines is 1. The zero-order valence-corrected chi connectivity index (χ0v) is 16.7. The smallest absolute Gasteiger partial charge is 0.416 e. The summed E-state index contributed by atoms with van der Waals surface area (Å²) in [6.45, 7) is 0.229. The molecule has 2 N–H and O–H groups in total. The fraction of sp³-hybridized carbons (Fsp3) is 0.0909. The number of rotatable bonds is 8. The van der Waals surface area contributed by atoms with Crippen molar-refractivity contribution in [1.29, 1.82) is 0 Å². The van der Waals surface area contributed by atoms with Gasteiger partial charge in [-0.2, -0.15) is 18.3 Å². The summed E-state index contributed by atoms with van der Waals surface area (Å²) in [7, 11) is 0. The van der Waals surface area contributed by atoms with Gasteiger partial charge in [0.1, 0.15) is 18.0 Å². The Kier molecular flexibility index (Phi) is 6.91. The van der Waals surface area contributed by atoms with Crippen LogP contribution in [0.3, 0.4) is 0 Å². The molecule has 0 saturated carbocycles. The van der Waals surface area contributed by atoms with Gasteiger partial charge in [-0.3, -0.25) is 15.5 Å². The number of carboxylic acids is 1. The van der Waals surface area contributed by atoms with Crippen LogP contribution in [0.1, 0.15) is 27.0 Å². The van der Waals surface area contributed by atoms with Crippen molar-refractivity contribution in [3.05, 3.63) is 99.1 Å². The summed E-state index contributed by atoms with van der Waals surface area (Å²) in [4.78, 5) is 21.0. The molecule has 0 aliphatic heterocycles. The van der Waals surface area contributed by atoms with E-state index in [0.717, 1.165) is 17.7 Å². The summed E-state index contributed by atoms with van der Waals surface area (Å²) in [5, 5.41) is 23.8. The second kappa shape index (κ2) is 9.81. The minimum Gasteiger partial charge on any atom is -0.489 e. The van der Waals surface area contributed by atoms with Crippen molar-refractivity contribution in [1.82, 2.24) is 0 Å². The lowest BCUT2D eigenvalue weighted by Crippen LogP contribution is -2.06. The number of ether oxygens (including phenoxy) is 1. The molecule has 0 radical (unpaired) electrons. The number of aromatic carboxylic acids is 1. The molecular formula is C22H16F3N3O5. The van der Waals surface area contributed by atoms with Crippen LogP contribution in [0.25, 0.3) is 0 Å². The molecule has 0 spiro atoms. The van der Waals surface area contributed by atoms with Crippen molar-refractivity contribution in [2.75, 3.05) is 5.43 Å². The molecule has 0 amide bonds. The van der Waals surface area contributed by atoms with E-state index in [1.165, 1.54) is 18.3 Å². The van der Waals surface area contributed by atoms with Gasteiger partial charge in [0.15, 0.2) is 0 Å². The molecule has 0 saturated heterocycles. The number of nitro groups is 1. The number of hydrogen-bond acceptors (Lipinski definition) is 6. The van der Waals surface area contributed by atoms with Gasteiger partial charge in [0.2, 0.25) is 0 Å². The molecule has 3 aromatic rings. The topological polar surface area (TPSA) is 114 Å². The summed E-state index contributed by atoms with van der Waals surface area (Å²) in [5.41, 5.74) is 1.90. The molecule has 3 rings (SSSR count). The molecule has 0 unspecified atom stereocenters. The maximum Gasteiger partial charge on any atom is 0.416 e. The predicted molar refractivity (Wildman–Crippen MR) is 113 cm³/mol. The van der Waals surface area contributed by atoms with Crippen LogP contribution in [0.5, 0.6) is 5.75 Å². The van der Waals surface area contributed by atoms with Crippen LogP contribution in [0.2, 0.25) is 0 Å². The fourth-order valence-electron chi connectivity index (χ4n) is 2.69. The molecule has 0 aliphatic rings. The van der Waals surface area contributed by atoms with Gasteiger partial charge < -0.3 is 9.84 Å². The second-order valence-electron chi connectivity index (χ2n) is 6.72. The van der Waals surface area contributed by atoms with Crippen molar-refractivity contribution >= 4 is 23.6 Å². The zero-order valence-electron chi connectivity index (χ0n) is 16.7. The first-order valence-electron chi connectivity index (χ1n) is 9.33. The number of carboxylic acid groups (broad SMARTS) is 1. The van der Waals surface area contributed by atoms with Gasteiger partial charge in [0.05, 0.1) is 22.3 Å². The maximum absolute atomic E-state index is 12.8. The number of alkyl halides is 3. The number of benzene rings is 3. The van der Waals surface area contributed by atoms with E-state index in [1.54, 1.807) is 36.4 Å². The Morgan fingerprint density at radius 2 is 1.76 bits per heavy atom. The molecule has 0 heterocycles. The summed E-state index contributed by atoms with van der Waals surface area (Å²) in [5.74, 6) is -0.470. The summed E-state index contributed by atoms with van der Waals surface area (Å²) >= 11 is 0. The lowest BCUT2D eigenvalue weighted by molar-refractivity contribution is -0.384. The molecule has 3 aromatic carbocycles. The van der Waals surface area contributed by atoms with Gasteiger partial charge in [-0.25, -0.2) is 4.79 Å². The minimum absolute atomic E-state index is 0.178. The number of nitrogens with one attached hydrogen (secondary N) is 1. The average Bonchev–Trinajstić information content (AvgIpc) is 2.78. The predicted octanol–water partition coefficient (Wildman–Crippen LogP) is 5.34. The Hall–Kier alpha value is -4.41. The molecule has 33 heavy (non-hydrogen) atoms. The Balaban J connectivity index is 1.60. The quantitative estimate of drug-likeness (QED) is 0.267. The van der Waals surface area contributed by atoms with Gasteiger partial charge >= 0.3 is 12.1 Å². The van der Waals surface area contributed by atoms with Crippen LogP contribution in [0, 0.1) is 10.1 Å². The third kappa shape index (κ3) is 6.29. The van der Waals surface area contributed by atoms with Crippen molar-refractivity contribution in [3.63, 3.8) is 0 Å². The molecule has 11 heteroatoms. The maximum atomic E-state index is 12.8. The lowest BCUT2D eigenvalue weighted by Gasteiger charge is -2.08. The van der Waals surface area contributed by atoms with Crippen LogP contribution in [0.4, 0.5) is 24.5 Å². The number of halogens is 3. The average molecular weight is 459 g/mol. The zero-order chi connectivity index (χ0) is 24.0. The standard InChI is InChI=1S/C22H16F3N3O5/c23-22(24,25)17-7-10-19(20(11-17)28(31)32)27-26-12-14-3-8-18(9-4-14)33-13-15-1-5-16(6-2-15)21(29)30/h1-12,27H,13H2,(H,29,30)/b26-12-. The monoisotopic (exact) mass is 459 g/mol. The van der Waals surface area contributed by atoms with E-state index < -0.39 is 28.3 Å². The summed E-state index contributed by atoms with van der Waals surface area (Å²) in [6.07, 6.45) is -3.35. The summed E-state index contributed by atoms with van der Waals surface area (Å²) in [6, 6.07) is 15.0. The number of hydrogen-bond donors (Lipinski definition) is 2. The van der Waals surface area contributed by atoms with Crippen LogP contribution in [-0.2, 0) is 12.8 Å². The third-order valence-corrected chi connectivity index (χ3v) is 4.41. The highest BCUT2D eigenvalue weighted by atomic mass is 19.4. The highest BCUT2D eigenvalue weighted by Crippen LogP contribution is 2.34. The Morgan fingerprint density at radius 3 is 2.33 bits per heavy atom.